The van der Waals surface area contributed by atoms with Crippen LogP contribution in [-0.2, 0) is 0 Å². The van der Waals surface area contributed by atoms with Crippen LogP contribution >= 0.6 is 11.6 Å². The first-order valence-electron chi connectivity index (χ1n) is 14.2. The van der Waals surface area contributed by atoms with Crippen molar-refractivity contribution in [2.75, 3.05) is 10.6 Å². The van der Waals surface area contributed by atoms with Gasteiger partial charge in [-0.05, 0) is 85.6 Å². The number of carboxylic acid groups (broad SMARTS) is 1. The molecule has 43 heavy (non-hydrogen) atoms. The van der Waals surface area contributed by atoms with Gasteiger partial charge in [-0.15, -0.1) is 0 Å². The second-order valence-corrected chi connectivity index (χ2v) is 11.1. The molecule has 0 bridgehead atoms. The van der Waals surface area contributed by atoms with E-state index in [0.717, 1.165) is 42.6 Å². The van der Waals surface area contributed by atoms with E-state index in [9.17, 15) is 19.5 Å². The molecule has 1 aliphatic carbocycles. The highest BCUT2D eigenvalue weighted by Crippen LogP contribution is 2.36. The number of hydrogen-bond donors (Lipinski definition) is 3. The standard InChI is InChI=1S/C34H29ClN4O4/c35-25-16-13-23(14-17-25)33(41)37-27-6-4-5-26(20-27)36-32(40)22-11-9-21(10-12-22)31-38-29-19-24(34(42)43)15-18-30(29)39(31)28-7-2-1-3-8-28/h4-6,9-20,28H,1-3,7-8H2,(H,36,40)(H,37,41)(H,42,43). The third-order valence-corrected chi connectivity index (χ3v) is 8.02. The molecule has 1 saturated carbocycles. The van der Waals surface area contributed by atoms with Gasteiger partial charge in [-0.25, -0.2) is 9.78 Å². The van der Waals surface area contributed by atoms with E-state index in [1.54, 1.807) is 72.8 Å². The number of benzene rings is 4. The molecule has 0 spiro atoms. The largest absolute Gasteiger partial charge is 0.478 e. The Balaban J connectivity index is 1.21. The zero-order chi connectivity index (χ0) is 29.9. The summed E-state index contributed by atoms with van der Waals surface area (Å²) in [5, 5.41) is 15.8. The zero-order valence-electron chi connectivity index (χ0n) is 23.2. The Bertz CT molecular complexity index is 1820. The molecule has 8 nitrogen and oxygen atoms in total. The van der Waals surface area contributed by atoms with Crippen LogP contribution in [-0.4, -0.2) is 32.4 Å². The molecule has 0 unspecified atom stereocenters. The first kappa shape index (κ1) is 28.2. The molecule has 3 N–H and O–H groups in total. The van der Waals surface area contributed by atoms with Crippen LogP contribution in [0.5, 0.6) is 0 Å². The van der Waals surface area contributed by atoms with Crippen molar-refractivity contribution < 1.29 is 19.5 Å². The number of rotatable bonds is 7. The Morgan fingerprint density at radius 3 is 1.93 bits per heavy atom. The van der Waals surface area contributed by atoms with E-state index < -0.39 is 5.97 Å². The number of carboxylic acids is 1. The third kappa shape index (κ3) is 6.15. The Morgan fingerprint density at radius 2 is 1.33 bits per heavy atom. The Labute approximate surface area is 253 Å². The fourth-order valence-electron chi connectivity index (χ4n) is 5.60. The molecular weight excluding hydrogens is 564 g/mol. The lowest BCUT2D eigenvalue weighted by Crippen LogP contribution is -2.14. The van der Waals surface area contributed by atoms with Gasteiger partial charge in [0.2, 0.25) is 0 Å². The minimum atomic E-state index is -0.986. The molecule has 1 heterocycles. The van der Waals surface area contributed by atoms with Crippen LogP contribution in [0, 0.1) is 0 Å². The van der Waals surface area contributed by atoms with E-state index >= 15 is 0 Å². The van der Waals surface area contributed by atoms with Crippen molar-refractivity contribution in [2.24, 2.45) is 0 Å². The number of aromatic nitrogens is 2. The molecule has 216 valence electrons. The second-order valence-electron chi connectivity index (χ2n) is 10.7. The monoisotopic (exact) mass is 592 g/mol. The number of carbonyl (C=O) groups is 3. The van der Waals surface area contributed by atoms with Crippen LogP contribution in [0.2, 0.25) is 5.02 Å². The maximum Gasteiger partial charge on any atom is 0.335 e. The average molecular weight is 593 g/mol. The minimum Gasteiger partial charge on any atom is -0.478 e. The molecule has 2 amide bonds. The summed E-state index contributed by atoms with van der Waals surface area (Å²) in [7, 11) is 0. The summed E-state index contributed by atoms with van der Waals surface area (Å²) in [5.41, 5.74) is 4.63. The van der Waals surface area contributed by atoms with Gasteiger partial charge in [0.15, 0.2) is 0 Å². The van der Waals surface area contributed by atoms with E-state index in [-0.39, 0.29) is 23.4 Å². The van der Waals surface area contributed by atoms with Crippen molar-refractivity contribution >= 4 is 51.8 Å². The summed E-state index contributed by atoms with van der Waals surface area (Å²) in [6.07, 6.45) is 5.57. The van der Waals surface area contributed by atoms with Gasteiger partial charge in [-0.1, -0.05) is 49.1 Å². The zero-order valence-corrected chi connectivity index (χ0v) is 24.0. The van der Waals surface area contributed by atoms with Crippen LogP contribution in [0.4, 0.5) is 11.4 Å². The molecule has 5 aromatic rings. The van der Waals surface area contributed by atoms with Crippen LogP contribution in [0.3, 0.4) is 0 Å². The summed E-state index contributed by atoms with van der Waals surface area (Å²) in [4.78, 5) is 42.1. The number of anilines is 2. The van der Waals surface area contributed by atoms with Gasteiger partial charge in [0.05, 0.1) is 16.6 Å². The number of nitrogens with one attached hydrogen (secondary N) is 2. The van der Waals surface area contributed by atoms with Crippen LogP contribution < -0.4 is 10.6 Å². The van der Waals surface area contributed by atoms with E-state index in [1.807, 2.05) is 18.2 Å². The molecule has 0 aliphatic heterocycles. The number of fused-ring (bicyclic) bond motifs is 1. The van der Waals surface area contributed by atoms with Crippen LogP contribution in [0.15, 0.2) is 91.0 Å². The third-order valence-electron chi connectivity index (χ3n) is 7.77. The molecule has 0 radical (unpaired) electrons. The van der Waals surface area contributed by atoms with Crippen molar-refractivity contribution in [3.05, 3.63) is 113 Å². The molecular formula is C34H29ClN4O4. The molecule has 1 fully saturated rings. The summed E-state index contributed by atoms with van der Waals surface area (Å²) in [5.74, 6) is -0.796. The van der Waals surface area contributed by atoms with Gasteiger partial charge >= 0.3 is 5.97 Å². The molecule has 0 atom stereocenters. The number of aromatic carboxylic acids is 1. The molecule has 4 aromatic carbocycles. The molecule has 6 rings (SSSR count). The lowest BCUT2D eigenvalue weighted by molar-refractivity contribution is 0.0696. The van der Waals surface area contributed by atoms with Crippen LogP contribution in [0.25, 0.3) is 22.4 Å². The number of hydrogen-bond acceptors (Lipinski definition) is 4. The maximum atomic E-state index is 13.1. The maximum absolute atomic E-state index is 13.1. The van der Waals surface area contributed by atoms with Gasteiger partial charge in [0, 0.05) is 39.1 Å². The number of halogens is 1. The Kier molecular flexibility index (Phi) is 7.94. The smallest absolute Gasteiger partial charge is 0.335 e. The highest BCUT2D eigenvalue weighted by atomic mass is 35.5. The van der Waals surface area contributed by atoms with Crippen molar-refractivity contribution in [3.63, 3.8) is 0 Å². The summed E-state index contributed by atoms with van der Waals surface area (Å²) in [6.45, 7) is 0. The number of imidazole rings is 1. The quantitative estimate of drug-likeness (QED) is 0.177. The van der Waals surface area contributed by atoms with Gasteiger partial charge in [0.25, 0.3) is 11.8 Å². The first-order valence-corrected chi connectivity index (χ1v) is 14.6. The lowest BCUT2D eigenvalue weighted by atomic mass is 9.94. The van der Waals surface area contributed by atoms with E-state index in [1.165, 1.54) is 6.42 Å². The van der Waals surface area contributed by atoms with E-state index in [4.69, 9.17) is 16.6 Å². The van der Waals surface area contributed by atoms with E-state index in [2.05, 4.69) is 15.2 Å². The number of amides is 2. The van der Waals surface area contributed by atoms with Crippen molar-refractivity contribution in [1.29, 1.82) is 0 Å². The molecule has 1 aliphatic rings. The number of nitrogens with zero attached hydrogens (tertiary/aromatic N) is 2. The fourth-order valence-corrected chi connectivity index (χ4v) is 5.72. The summed E-state index contributed by atoms with van der Waals surface area (Å²) in [6, 6.07) is 26.2. The Morgan fingerprint density at radius 1 is 0.744 bits per heavy atom. The molecule has 0 saturated heterocycles. The topological polar surface area (TPSA) is 113 Å². The van der Waals surface area contributed by atoms with Gasteiger partial charge < -0.3 is 20.3 Å². The molecule has 9 heteroatoms. The predicted octanol–water partition coefficient (Wildman–Crippen LogP) is 8.06. The lowest BCUT2D eigenvalue weighted by Gasteiger charge is -2.25. The summed E-state index contributed by atoms with van der Waals surface area (Å²) < 4.78 is 2.24. The average Bonchev–Trinajstić information content (AvgIpc) is 3.41. The van der Waals surface area contributed by atoms with Crippen LogP contribution in [0.1, 0.15) is 69.2 Å². The normalized spacial score (nSPS) is 13.5. The van der Waals surface area contributed by atoms with Gasteiger partial charge in [0.1, 0.15) is 5.82 Å². The van der Waals surface area contributed by atoms with Crippen molar-refractivity contribution in [2.45, 2.75) is 38.1 Å². The predicted molar refractivity (Wildman–Crippen MR) is 168 cm³/mol. The van der Waals surface area contributed by atoms with Gasteiger partial charge in [-0.2, -0.15) is 0 Å². The highest BCUT2D eigenvalue weighted by molar-refractivity contribution is 6.30. The first-order chi connectivity index (χ1) is 20.9. The van der Waals surface area contributed by atoms with Crippen molar-refractivity contribution in [1.82, 2.24) is 9.55 Å². The fraction of sp³-hybridized carbons (Fsp3) is 0.176. The Hall–Kier alpha value is -4.95. The van der Waals surface area contributed by atoms with E-state index in [0.29, 0.717) is 33.0 Å². The second kappa shape index (κ2) is 12.1. The summed E-state index contributed by atoms with van der Waals surface area (Å²) >= 11 is 5.91. The molecule has 1 aromatic heterocycles. The van der Waals surface area contributed by atoms with Crippen molar-refractivity contribution in [3.8, 4) is 11.4 Å². The highest BCUT2D eigenvalue weighted by Gasteiger charge is 2.23. The van der Waals surface area contributed by atoms with Gasteiger partial charge in [-0.3, -0.25) is 9.59 Å². The minimum absolute atomic E-state index is 0.202. The number of carbonyl (C=O) groups excluding carboxylic acids is 2. The SMILES string of the molecule is O=C(O)c1ccc2c(c1)nc(-c1ccc(C(=O)Nc3cccc(NC(=O)c4ccc(Cl)cc4)c3)cc1)n2C1CCCCC1.